The van der Waals surface area contributed by atoms with Crippen LogP contribution < -0.4 is 0 Å². The van der Waals surface area contributed by atoms with Gasteiger partial charge in [0, 0.05) is 13.1 Å². The number of piperidine rings is 1. The van der Waals surface area contributed by atoms with Gasteiger partial charge < -0.3 is 10.0 Å². The number of amides is 1. The fourth-order valence-electron chi connectivity index (χ4n) is 3.05. The van der Waals surface area contributed by atoms with E-state index in [1.807, 2.05) is 17.1 Å². The lowest BCUT2D eigenvalue weighted by molar-refractivity contribution is -0.154. The number of unbranched alkanes of at least 4 members (excludes halogenated alkanes) is 1. The largest absolute Gasteiger partial charge is 0.481 e. The first-order chi connectivity index (χ1) is 8.65. The number of nitrogens with zero attached hydrogens (tertiary/aromatic N) is 1. The van der Waals surface area contributed by atoms with Gasteiger partial charge in [-0.2, -0.15) is 0 Å². The summed E-state index contributed by atoms with van der Waals surface area (Å²) in [6.45, 7) is 3.64. The zero-order chi connectivity index (χ0) is 13.1. The molecule has 4 heteroatoms. The van der Waals surface area contributed by atoms with E-state index in [1.165, 1.54) is 0 Å². The zero-order valence-corrected chi connectivity index (χ0v) is 10.8. The standard InChI is InChI=1S/C14H21NO3/c1-2-3-8-15-9-7-10-5-4-6-11(14(17)18)12(10)13(15)16/h4-5,10-12H,2-3,6-9H2,1H3,(H,17,18)/t10-,11-,12-/m0/s1. The van der Waals surface area contributed by atoms with Crippen LogP contribution >= 0.6 is 0 Å². The molecule has 0 spiro atoms. The first-order valence-corrected chi connectivity index (χ1v) is 6.83. The summed E-state index contributed by atoms with van der Waals surface area (Å²) >= 11 is 0. The average molecular weight is 251 g/mol. The molecule has 1 fully saturated rings. The van der Waals surface area contributed by atoms with Gasteiger partial charge in [-0.15, -0.1) is 0 Å². The van der Waals surface area contributed by atoms with Crippen LogP contribution in [0.2, 0.25) is 0 Å². The van der Waals surface area contributed by atoms with Crippen molar-refractivity contribution in [1.82, 2.24) is 4.90 Å². The Hall–Kier alpha value is -1.32. The number of rotatable bonds is 4. The fourth-order valence-corrected chi connectivity index (χ4v) is 3.05. The SMILES string of the molecule is CCCCN1CC[C@@H]2C=CC[C@H](C(=O)O)[C@H]2C1=O. The van der Waals surface area contributed by atoms with Gasteiger partial charge in [0.2, 0.25) is 5.91 Å². The summed E-state index contributed by atoms with van der Waals surface area (Å²) in [5.41, 5.74) is 0. The van der Waals surface area contributed by atoms with Crippen LogP contribution in [0.3, 0.4) is 0 Å². The van der Waals surface area contributed by atoms with E-state index in [4.69, 9.17) is 0 Å². The van der Waals surface area contributed by atoms with Gasteiger partial charge in [0.1, 0.15) is 0 Å². The molecule has 1 aliphatic carbocycles. The van der Waals surface area contributed by atoms with Crippen LogP contribution in [-0.2, 0) is 9.59 Å². The maximum absolute atomic E-state index is 12.4. The zero-order valence-electron chi connectivity index (χ0n) is 10.8. The summed E-state index contributed by atoms with van der Waals surface area (Å²) in [6.07, 6.45) is 7.41. The summed E-state index contributed by atoms with van der Waals surface area (Å²) in [4.78, 5) is 25.5. The molecule has 1 N–H and O–H groups in total. The second kappa shape index (κ2) is 5.55. The number of likely N-dealkylation sites (tertiary alicyclic amines) is 1. The number of carbonyl (C=O) groups is 2. The molecular weight excluding hydrogens is 230 g/mol. The van der Waals surface area contributed by atoms with Crippen LogP contribution in [-0.4, -0.2) is 35.0 Å². The third kappa shape index (κ3) is 2.42. The number of hydrogen-bond donors (Lipinski definition) is 1. The van der Waals surface area contributed by atoms with Crippen molar-refractivity contribution in [3.05, 3.63) is 12.2 Å². The maximum Gasteiger partial charge on any atom is 0.307 e. The molecule has 18 heavy (non-hydrogen) atoms. The van der Waals surface area contributed by atoms with E-state index >= 15 is 0 Å². The molecule has 0 aromatic carbocycles. The van der Waals surface area contributed by atoms with Crippen molar-refractivity contribution in [2.75, 3.05) is 13.1 Å². The Morgan fingerprint density at radius 2 is 2.33 bits per heavy atom. The number of carboxylic acids is 1. The molecule has 0 unspecified atom stereocenters. The molecule has 2 rings (SSSR count). The van der Waals surface area contributed by atoms with Crippen LogP contribution in [0.5, 0.6) is 0 Å². The molecule has 1 saturated heterocycles. The van der Waals surface area contributed by atoms with E-state index in [0.29, 0.717) is 6.42 Å². The van der Waals surface area contributed by atoms with Gasteiger partial charge in [0.15, 0.2) is 0 Å². The minimum atomic E-state index is -0.833. The van der Waals surface area contributed by atoms with Gasteiger partial charge in [-0.1, -0.05) is 25.5 Å². The van der Waals surface area contributed by atoms with Crippen molar-refractivity contribution in [3.63, 3.8) is 0 Å². The maximum atomic E-state index is 12.4. The lowest BCUT2D eigenvalue weighted by Gasteiger charge is -2.40. The summed E-state index contributed by atoms with van der Waals surface area (Å²) < 4.78 is 0. The van der Waals surface area contributed by atoms with E-state index < -0.39 is 11.9 Å². The van der Waals surface area contributed by atoms with Gasteiger partial charge in [-0.25, -0.2) is 0 Å². The van der Waals surface area contributed by atoms with Crippen molar-refractivity contribution in [2.24, 2.45) is 17.8 Å². The topological polar surface area (TPSA) is 57.6 Å². The van der Waals surface area contributed by atoms with Crippen LogP contribution in [0.1, 0.15) is 32.6 Å². The molecule has 1 amide bonds. The van der Waals surface area contributed by atoms with Gasteiger partial charge in [0.25, 0.3) is 0 Å². The molecule has 0 radical (unpaired) electrons. The van der Waals surface area contributed by atoms with Crippen molar-refractivity contribution in [1.29, 1.82) is 0 Å². The second-order valence-electron chi connectivity index (χ2n) is 5.27. The van der Waals surface area contributed by atoms with E-state index in [1.54, 1.807) is 0 Å². The molecule has 1 heterocycles. The smallest absolute Gasteiger partial charge is 0.307 e. The van der Waals surface area contributed by atoms with Crippen LogP contribution in [0.15, 0.2) is 12.2 Å². The summed E-state index contributed by atoms with van der Waals surface area (Å²) in [5, 5.41) is 9.25. The molecule has 4 nitrogen and oxygen atoms in total. The van der Waals surface area contributed by atoms with E-state index in [-0.39, 0.29) is 17.7 Å². The monoisotopic (exact) mass is 251 g/mol. The Balaban J connectivity index is 2.13. The Morgan fingerprint density at radius 1 is 1.56 bits per heavy atom. The Labute approximate surface area is 108 Å². The third-order valence-corrected chi connectivity index (χ3v) is 4.10. The van der Waals surface area contributed by atoms with Gasteiger partial charge >= 0.3 is 5.97 Å². The first-order valence-electron chi connectivity index (χ1n) is 6.83. The Kier molecular flexibility index (Phi) is 4.04. The highest BCUT2D eigenvalue weighted by Gasteiger charge is 2.44. The number of fused-ring (bicyclic) bond motifs is 1. The first kappa shape index (κ1) is 13.1. The van der Waals surface area contributed by atoms with Crippen molar-refractivity contribution >= 4 is 11.9 Å². The molecule has 3 atom stereocenters. The number of hydrogen-bond acceptors (Lipinski definition) is 2. The number of allylic oxidation sites excluding steroid dienone is 2. The van der Waals surface area contributed by atoms with Crippen LogP contribution in [0.25, 0.3) is 0 Å². The predicted molar refractivity (Wildman–Crippen MR) is 68.0 cm³/mol. The van der Waals surface area contributed by atoms with E-state index in [2.05, 4.69) is 6.92 Å². The predicted octanol–water partition coefficient (Wildman–Crippen LogP) is 1.91. The molecule has 0 aromatic rings. The summed E-state index contributed by atoms with van der Waals surface area (Å²) in [7, 11) is 0. The van der Waals surface area contributed by atoms with Crippen molar-refractivity contribution in [2.45, 2.75) is 32.6 Å². The van der Waals surface area contributed by atoms with Crippen LogP contribution in [0.4, 0.5) is 0 Å². The number of carboxylic acid groups (broad SMARTS) is 1. The highest BCUT2D eigenvalue weighted by atomic mass is 16.4. The van der Waals surface area contributed by atoms with E-state index in [0.717, 1.165) is 32.4 Å². The molecule has 0 bridgehead atoms. The van der Waals surface area contributed by atoms with Gasteiger partial charge in [-0.05, 0) is 25.2 Å². The molecular formula is C14H21NO3. The van der Waals surface area contributed by atoms with Gasteiger partial charge in [-0.3, -0.25) is 9.59 Å². The summed E-state index contributed by atoms with van der Waals surface area (Å²) in [6, 6.07) is 0. The number of carbonyl (C=O) groups excluding carboxylic acids is 1. The molecule has 100 valence electrons. The average Bonchev–Trinajstić information content (AvgIpc) is 2.37. The fraction of sp³-hybridized carbons (Fsp3) is 0.714. The molecule has 2 aliphatic rings. The lowest BCUT2D eigenvalue weighted by atomic mass is 9.71. The van der Waals surface area contributed by atoms with Gasteiger partial charge in [0.05, 0.1) is 11.8 Å². The molecule has 0 saturated carbocycles. The number of aliphatic carboxylic acids is 1. The second-order valence-corrected chi connectivity index (χ2v) is 5.27. The molecule has 1 aliphatic heterocycles. The normalized spacial score (nSPS) is 31.3. The van der Waals surface area contributed by atoms with Crippen molar-refractivity contribution in [3.8, 4) is 0 Å². The highest BCUT2D eigenvalue weighted by Crippen LogP contribution is 2.37. The molecule has 0 aromatic heterocycles. The van der Waals surface area contributed by atoms with E-state index in [9.17, 15) is 14.7 Å². The lowest BCUT2D eigenvalue weighted by Crippen LogP contribution is -2.50. The minimum absolute atomic E-state index is 0.0523. The summed E-state index contributed by atoms with van der Waals surface area (Å²) in [5.74, 6) is -1.52. The Morgan fingerprint density at radius 3 is 3.00 bits per heavy atom. The third-order valence-electron chi connectivity index (χ3n) is 4.10. The minimum Gasteiger partial charge on any atom is -0.481 e. The highest BCUT2D eigenvalue weighted by molar-refractivity contribution is 5.86. The van der Waals surface area contributed by atoms with Crippen molar-refractivity contribution < 1.29 is 14.7 Å². The van der Waals surface area contributed by atoms with Crippen LogP contribution in [0, 0.1) is 17.8 Å². The Bertz CT molecular complexity index is 364. The quantitative estimate of drug-likeness (QED) is 0.776.